The number of hydrogen-bond donors (Lipinski definition) is 1. The van der Waals surface area contributed by atoms with Crippen molar-refractivity contribution in [2.75, 3.05) is 18.5 Å². The number of carbonyl (C=O) groups is 4. The Morgan fingerprint density at radius 1 is 1.21 bits per heavy atom. The van der Waals surface area contributed by atoms with E-state index >= 15 is 0 Å². The lowest BCUT2D eigenvalue weighted by Gasteiger charge is -2.06. The van der Waals surface area contributed by atoms with Crippen LogP contribution in [0.3, 0.4) is 0 Å². The van der Waals surface area contributed by atoms with Crippen LogP contribution < -0.4 is 5.32 Å². The number of ether oxygens (including phenoxy) is 2. The first-order chi connectivity index (χ1) is 13.3. The first kappa shape index (κ1) is 21.1. The molecule has 1 amide bonds. The van der Waals surface area contributed by atoms with Gasteiger partial charge < -0.3 is 13.9 Å². The Kier molecular flexibility index (Phi) is 7.28. The maximum Gasteiger partial charge on any atom is 0.344 e. The van der Waals surface area contributed by atoms with Crippen molar-refractivity contribution in [1.29, 1.82) is 0 Å². The Balaban J connectivity index is 2.04. The van der Waals surface area contributed by atoms with Crippen LogP contribution in [0, 0.1) is 6.92 Å². The van der Waals surface area contributed by atoms with Crippen LogP contribution in [0.5, 0.6) is 0 Å². The molecule has 0 saturated carbocycles. The van der Waals surface area contributed by atoms with Gasteiger partial charge in [-0.1, -0.05) is 0 Å². The Labute approximate surface area is 165 Å². The minimum atomic E-state index is -0.796. The Morgan fingerprint density at radius 3 is 2.57 bits per heavy atom. The highest BCUT2D eigenvalue weighted by Gasteiger charge is 2.28. The van der Waals surface area contributed by atoms with Gasteiger partial charge in [-0.2, -0.15) is 11.3 Å². The standard InChI is InChI=1S/C19H19NO7S/c1-4-25-19(24)17-16(11(2)21)12(3)27-18(17)20-14(22)9-26-15(23)6-5-13-7-8-28-10-13/h5-8,10H,4,9H2,1-3H3,(H,20,22)/b6-5+. The minimum absolute atomic E-state index is 0.0319. The number of hydrogen-bond acceptors (Lipinski definition) is 8. The van der Waals surface area contributed by atoms with Crippen LogP contribution in [0.2, 0.25) is 0 Å². The third kappa shape index (κ3) is 5.40. The largest absolute Gasteiger partial charge is 0.462 e. The molecule has 0 unspecified atom stereocenters. The summed E-state index contributed by atoms with van der Waals surface area (Å²) in [5, 5.41) is 6.04. The van der Waals surface area contributed by atoms with Gasteiger partial charge in [0.05, 0.1) is 12.2 Å². The van der Waals surface area contributed by atoms with Crippen molar-refractivity contribution < 1.29 is 33.1 Å². The van der Waals surface area contributed by atoms with Crippen molar-refractivity contribution >= 4 is 46.9 Å². The summed E-state index contributed by atoms with van der Waals surface area (Å²) in [4.78, 5) is 47.7. The number of aryl methyl sites for hydroxylation is 1. The van der Waals surface area contributed by atoms with Gasteiger partial charge >= 0.3 is 11.9 Å². The monoisotopic (exact) mass is 405 g/mol. The molecule has 0 bridgehead atoms. The number of Topliss-reactive ketones (excluding diaryl/α,β-unsaturated/α-hetero) is 1. The SMILES string of the molecule is CCOC(=O)c1c(NC(=O)COC(=O)/C=C/c2ccsc2)oc(C)c1C(C)=O. The van der Waals surface area contributed by atoms with Gasteiger partial charge in [-0.15, -0.1) is 0 Å². The molecule has 9 heteroatoms. The van der Waals surface area contributed by atoms with Gasteiger partial charge in [0.1, 0.15) is 11.3 Å². The average molecular weight is 405 g/mol. The van der Waals surface area contributed by atoms with Gasteiger partial charge in [0, 0.05) is 6.08 Å². The van der Waals surface area contributed by atoms with Crippen molar-refractivity contribution in [3.63, 3.8) is 0 Å². The highest BCUT2D eigenvalue weighted by Crippen LogP contribution is 2.28. The zero-order valence-corrected chi connectivity index (χ0v) is 16.4. The molecule has 0 aliphatic rings. The van der Waals surface area contributed by atoms with E-state index < -0.39 is 30.2 Å². The zero-order chi connectivity index (χ0) is 20.7. The molecule has 2 heterocycles. The molecule has 0 aliphatic heterocycles. The summed E-state index contributed by atoms with van der Waals surface area (Å²) in [5.41, 5.74) is 0.710. The second-order valence-electron chi connectivity index (χ2n) is 5.56. The van der Waals surface area contributed by atoms with E-state index in [9.17, 15) is 19.2 Å². The molecule has 1 N–H and O–H groups in total. The predicted molar refractivity (Wildman–Crippen MR) is 102 cm³/mol. The third-order valence-corrected chi connectivity index (χ3v) is 4.17. The molecule has 2 aromatic heterocycles. The fraction of sp³-hybridized carbons (Fsp3) is 0.263. The molecule has 0 fully saturated rings. The Morgan fingerprint density at radius 2 is 1.96 bits per heavy atom. The summed E-state index contributed by atoms with van der Waals surface area (Å²) in [6, 6.07) is 1.82. The van der Waals surface area contributed by atoms with Gasteiger partial charge in [0.25, 0.3) is 5.91 Å². The topological polar surface area (TPSA) is 112 Å². The maximum atomic E-state index is 12.2. The molecular weight excluding hydrogens is 386 g/mol. The lowest BCUT2D eigenvalue weighted by atomic mass is 10.1. The van der Waals surface area contributed by atoms with Crippen molar-refractivity contribution in [2.24, 2.45) is 0 Å². The number of furan rings is 1. The van der Waals surface area contributed by atoms with E-state index in [4.69, 9.17) is 13.9 Å². The second kappa shape index (κ2) is 9.65. The molecular formula is C19H19NO7S. The lowest BCUT2D eigenvalue weighted by molar-refractivity contribution is -0.142. The van der Waals surface area contributed by atoms with Crippen LogP contribution in [0.4, 0.5) is 5.88 Å². The van der Waals surface area contributed by atoms with E-state index in [1.54, 1.807) is 13.0 Å². The molecule has 0 radical (unpaired) electrons. The normalized spacial score (nSPS) is 10.7. The molecule has 2 aromatic rings. The summed E-state index contributed by atoms with van der Waals surface area (Å²) in [5.74, 6) is -2.69. The van der Waals surface area contributed by atoms with Gasteiger partial charge in [-0.05, 0) is 49.2 Å². The van der Waals surface area contributed by atoms with E-state index in [2.05, 4.69) is 5.32 Å². The number of anilines is 1. The van der Waals surface area contributed by atoms with Crippen LogP contribution in [0.25, 0.3) is 6.08 Å². The van der Waals surface area contributed by atoms with E-state index in [1.165, 1.54) is 31.3 Å². The molecule has 8 nitrogen and oxygen atoms in total. The molecule has 28 heavy (non-hydrogen) atoms. The molecule has 148 valence electrons. The summed E-state index contributed by atoms with van der Waals surface area (Å²) in [6.07, 6.45) is 2.76. The third-order valence-electron chi connectivity index (χ3n) is 3.47. The average Bonchev–Trinajstić information content (AvgIpc) is 3.25. The van der Waals surface area contributed by atoms with Gasteiger partial charge in [-0.3, -0.25) is 14.9 Å². The van der Waals surface area contributed by atoms with E-state index in [0.717, 1.165) is 5.56 Å². The number of rotatable bonds is 8. The molecule has 0 aromatic carbocycles. The maximum absolute atomic E-state index is 12.2. The van der Waals surface area contributed by atoms with Gasteiger partial charge in [0.15, 0.2) is 12.4 Å². The quantitative estimate of drug-likeness (QED) is 0.408. The van der Waals surface area contributed by atoms with Gasteiger partial charge in [0.2, 0.25) is 5.88 Å². The second-order valence-corrected chi connectivity index (χ2v) is 6.34. The van der Waals surface area contributed by atoms with Gasteiger partial charge in [-0.25, -0.2) is 9.59 Å². The number of ketones is 1. The summed E-state index contributed by atoms with van der Waals surface area (Å²) < 4.78 is 15.1. The first-order valence-corrected chi connectivity index (χ1v) is 9.26. The van der Waals surface area contributed by atoms with Crippen molar-refractivity contribution in [3.05, 3.63) is 45.4 Å². The summed E-state index contributed by atoms with van der Waals surface area (Å²) in [7, 11) is 0. The van der Waals surface area contributed by atoms with Crippen LogP contribution in [0.15, 0.2) is 27.3 Å². The smallest absolute Gasteiger partial charge is 0.344 e. The molecule has 2 rings (SSSR count). The number of esters is 2. The fourth-order valence-corrected chi connectivity index (χ4v) is 2.96. The zero-order valence-electron chi connectivity index (χ0n) is 15.6. The van der Waals surface area contributed by atoms with Crippen molar-refractivity contribution in [1.82, 2.24) is 0 Å². The number of amides is 1. The van der Waals surface area contributed by atoms with E-state index in [0.29, 0.717) is 0 Å². The highest BCUT2D eigenvalue weighted by atomic mass is 32.1. The van der Waals surface area contributed by atoms with Crippen molar-refractivity contribution in [3.8, 4) is 0 Å². The molecule has 0 atom stereocenters. The van der Waals surface area contributed by atoms with E-state index in [1.807, 2.05) is 16.8 Å². The summed E-state index contributed by atoms with van der Waals surface area (Å²) >= 11 is 1.48. The predicted octanol–water partition coefficient (Wildman–Crippen LogP) is 3.22. The fourth-order valence-electron chi connectivity index (χ4n) is 2.34. The molecule has 0 saturated heterocycles. The molecule has 0 aliphatic carbocycles. The number of thiophene rings is 1. The van der Waals surface area contributed by atoms with Crippen molar-refractivity contribution in [2.45, 2.75) is 20.8 Å². The van der Waals surface area contributed by atoms with Crippen LogP contribution in [-0.2, 0) is 19.1 Å². The Bertz CT molecular complexity index is 909. The molecule has 0 spiro atoms. The van der Waals surface area contributed by atoms with Crippen LogP contribution >= 0.6 is 11.3 Å². The van der Waals surface area contributed by atoms with Crippen LogP contribution in [0.1, 0.15) is 45.9 Å². The van der Waals surface area contributed by atoms with Crippen LogP contribution in [-0.4, -0.2) is 36.8 Å². The minimum Gasteiger partial charge on any atom is -0.462 e. The first-order valence-electron chi connectivity index (χ1n) is 8.31. The summed E-state index contributed by atoms with van der Waals surface area (Å²) in [6.45, 7) is 3.86. The number of nitrogens with one attached hydrogen (secondary N) is 1. The highest BCUT2D eigenvalue weighted by molar-refractivity contribution is 7.08. The van der Waals surface area contributed by atoms with E-state index in [-0.39, 0.29) is 29.4 Å². The Hall–Kier alpha value is -3.20. The number of carbonyl (C=O) groups excluding carboxylic acids is 4. The lowest BCUT2D eigenvalue weighted by Crippen LogP contribution is -2.21.